The zero-order valence-corrected chi connectivity index (χ0v) is 20.5. The van der Waals surface area contributed by atoms with Gasteiger partial charge in [0, 0.05) is 59.0 Å². The first kappa shape index (κ1) is 24.8. The SMILES string of the molecule is CN=C(NCC1CCCN(C)C1c1ccc(OC)cc1)NC1CCN(CCCOC)CC1. The van der Waals surface area contributed by atoms with Crippen molar-refractivity contribution in [3.63, 3.8) is 0 Å². The van der Waals surface area contributed by atoms with Gasteiger partial charge in [-0.05, 0) is 69.3 Å². The van der Waals surface area contributed by atoms with Crippen molar-refractivity contribution >= 4 is 5.96 Å². The first-order valence-electron chi connectivity index (χ1n) is 12.2. The van der Waals surface area contributed by atoms with Crippen LogP contribution in [-0.2, 0) is 4.74 Å². The Labute approximate surface area is 194 Å². The number of rotatable bonds is 9. The molecule has 0 aromatic heterocycles. The van der Waals surface area contributed by atoms with Crippen LogP contribution in [0.4, 0.5) is 0 Å². The van der Waals surface area contributed by atoms with Gasteiger partial charge < -0.3 is 25.0 Å². The van der Waals surface area contributed by atoms with Crippen molar-refractivity contribution < 1.29 is 9.47 Å². The summed E-state index contributed by atoms with van der Waals surface area (Å²) in [5.74, 6) is 2.39. The molecule has 180 valence electrons. The molecule has 7 nitrogen and oxygen atoms in total. The quantitative estimate of drug-likeness (QED) is 0.346. The van der Waals surface area contributed by atoms with Gasteiger partial charge in [0.15, 0.2) is 5.96 Å². The molecule has 0 aliphatic carbocycles. The molecule has 2 aliphatic heterocycles. The summed E-state index contributed by atoms with van der Waals surface area (Å²) in [6.07, 6.45) is 5.90. The van der Waals surface area contributed by atoms with Crippen molar-refractivity contribution in [2.45, 2.75) is 44.2 Å². The Kier molecular flexibility index (Phi) is 10.1. The smallest absolute Gasteiger partial charge is 0.191 e. The molecule has 0 amide bonds. The Morgan fingerprint density at radius 2 is 1.84 bits per heavy atom. The molecule has 0 spiro atoms. The maximum Gasteiger partial charge on any atom is 0.191 e. The highest BCUT2D eigenvalue weighted by molar-refractivity contribution is 5.80. The third kappa shape index (κ3) is 7.09. The van der Waals surface area contributed by atoms with Gasteiger partial charge in [-0.25, -0.2) is 0 Å². The number of benzene rings is 1. The summed E-state index contributed by atoms with van der Waals surface area (Å²) in [5.41, 5.74) is 1.36. The molecule has 0 radical (unpaired) electrons. The molecule has 2 heterocycles. The lowest BCUT2D eigenvalue weighted by atomic mass is 9.85. The molecule has 0 bridgehead atoms. The number of methoxy groups -OCH3 is 2. The van der Waals surface area contributed by atoms with Crippen LogP contribution in [0, 0.1) is 5.92 Å². The van der Waals surface area contributed by atoms with Gasteiger partial charge in [0.1, 0.15) is 5.75 Å². The number of likely N-dealkylation sites (tertiary alicyclic amines) is 2. The van der Waals surface area contributed by atoms with E-state index in [-0.39, 0.29) is 0 Å². The maximum atomic E-state index is 5.35. The van der Waals surface area contributed by atoms with Crippen molar-refractivity contribution in [2.75, 3.05) is 67.6 Å². The van der Waals surface area contributed by atoms with Gasteiger partial charge in [-0.1, -0.05) is 12.1 Å². The molecule has 2 saturated heterocycles. The summed E-state index contributed by atoms with van der Waals surface area (Å²) in [4.78, 5) is 9.56. The molecule has 1 aromatic carbocycles. The fourth-order valence-electron chi connectivity index (χ4n) is 5.15. The third-order valence-corrected chi connectivity index (χ3v) is 6.97. The number of aliphatic imine (C=N–C) groups is 1. The third-order valence-electron chi connectivity index (χ3n) is 6.97. The fourth-order valence-corrected chi connectivity index (χ4v) is 5.15. The predicted molar refractivity (Wildman–Crippen MR) is 132 cm³/mol. The lowest BCUT2D eigenvalue weighted by Gasteiger charge is -2.40. The molecular weight excluding hydrogens is 402 g/mol. The number of nitrogens with one attached hydrogen (secondary N) is 2. The molecular formula is C25H43N5O2. The second kappa shape index (κ2) is 13.0. The van der Waals surface area contributed by atoms with Crippen molar-refractivity contribution in [2.24, 2.45) is 10.9 Å². The van der Waals surface area contributed by atoms with Crippen molar-refractivity contribution in [1.82, 2.24) is 20.4 Å². The standard InChI is InChI=1S/C25H43N5O2/c1-26-25(28-22-12-16-30(17-13-22)15-6-18-31-3)27-19-21-7-5-14-29(2)24(21)20-8-10-23(32-4)11-9-20/h8-11,21-22,24H,5-7,12-19H2,1-4H3,(H2,26,27,28). The topological polar surface area (TPSA) is 61.4 Å². The minimum Gasteiger partial charge on any atom is -0.497 e. The van der Waals surface area contributed by atoms with E-state index in [1.807, 2.05) is 7.05 Å². The number of guanidine groups is 1. The van der Waals surface area contributed by atoms with Crippen LogP contribution >= 0.6 is 0 Å². The van der Waals surface area contributed by atoms with E-state index in [9.17, 15) is 0 Å². The van der Waals surface area contributed by atoms with Gasteiger partial charge >= 0.3 is 0 Å². The Balaban J connectivity index is 1.49. The Morgan fingerprint density at radius 1 is 1.09 bits per heavy atom. The average Bonchev–Trinajstić information content (AvgIpc) is 2.83. The van der Waals surface area contributed by atoms with Crippen LogP contribution in [0.5, 0.6) is 5.75 Å². The Morgan fingerprint density at radius 3 is 2.50 bits per heavy atom. The zero-order chi connectivity index (χ0) is 22.8. The Hall–Kier alpha value is -1.83. The summed E-state index contributed by atoms with van der Waals surface area (Å²) in [6, 6.07) is 9.48. The number of nitrogens with zero attached hydrogens (tertiary/aromatic N) is 3. The summed E-state index contributed by atoms with van der Waals surface area (Å²) in [6.45, 7) is 6.34. The molecule has 1 aromatic rings. The molecule has 2 fully saturated rings. The van der Waals surface area contributed by atoms with E-state index in [4.69, 9.17) is 9.47 Å². The highest BCUT2D eigenvalue weighted by Gasteiger charge is 2.30. The average molecular weight is 446 g/mol. The summed E-state index contributed by atoms with van der Waals surface area (Å²) in [5, 5.41) is 7.31. The highest BCUT2D eigenvalue weighted by atomic mass is 16.5. The molecule has 0 saturated carbocycles. The first-order chi connectivity index (χ1) is 15.6. The summed E-state index contributed by atoms with van der Waals surface area (Å²) >= 11 is 0. The van der Waals surface area contributed by atoms with Gasteiger partial charge in [0.25, 0.3) is 0 Å². The van der Waals surface area contributed by atoms with Crippen LogP contribution in [0.2, 0.25) is 0 Å². The number of hydrogen-bond donors (Lipinski definition) is 2. The van der Waals surface area contributed by atoms with E-state index in [1.165, 1.54) is 18.4 Å². The van der Waals surface area contributed by atoms with E-state index >= 15 is 0 Å². The van der Waals surface area contributed by atoms with Crippen molar-refractivity contribution in [1.29, 1.82) is 0 Å². The molecule has 32 heavy (non-hydrogen) atoms. The first-order valence-corrected chi connectivity index (χ1v) is 12.2. The van der Waals surface area contributed by atoms with Crippen LogP contribution < -0.4 is 15.4 Å². The fraction of sp³-hybridized carbons (Fsp3) is 0.720. The molecule has 7 heteroatoms. The van der Waals surface area contributed by atoms with E-state index in [1.54, 1.807) is 14.2 Å². The van der Waals surface area contributed by atoms with E-state index < -0.39 is 0 Å². The summed E-state index contributed by atoms with van der Waals surface area (Å²) < 4.78 is 10.5. The normalized spacial score (nSPS) is 23.8. The molecule has 3 rings (SSSR count). The lowest BCUT2D eigenvalue weighted by Crippen LogP contribution is -2.50. The lowest BCUT2D eigenvalue weighted by molar-refractivity contribution is 0.122. The highest BCUT2D eigenvalue weighted by Crippen LogP contribution is 2.35. The van der Waals surface area contributed by atoms with Gasteiger partial charge in [-0.15, -0.1) is 0 Å². The second-order valence-electron chi connectivity index (χ2n) is 9.16. The molecule has 2 N–H and O–H groups in total. The molecule has 2 unspecified atom stereocenters. The van der Waals surface area contributed by atoms with Crippen LogP contribution in [0.25, 0.3) is 0 Å². The maximum absolute atomic E-state index is 5.35. The van der Waals surface area contributed by atoms with Gasteiger partial charge in [-0.2, -0.15) is 0 Å². The van der Waals surface area contributed by atoms with Crippen molar-refractivity contribution in [3.8, 4) is 5.75 Å². The van der Waals surface area contributed by atoms with Crippen molar-refractivity contribution in [3.05, 3.63) is 29.8 Å². The van der Waals surface area contributed by atoms with E-state index in [0.29, 0.717) is 18.0 Å². The largest absolute Gasteiger partial charge is 0.497 e. The minimum atomic E-state index is 0.413. The predicted octanol–water partition coefficient (Wildman–Crippen LogP) is 2.74. The van der Waals surface area contributed by atoms with Gasteiger partial charge in [0.2, 0.25) is 0 Å². The van der Waals surface area contributed by atoms with E-state index in [0.717, 1.165) is 70.3 Å². The minimum absolute atomic E-state index is 0.413. The summed E-state index contributed by atoms with van der Waals surface area (Å²) in [7, 11) is 7.62. The van der Waals surface area contributed by atoms with Crippen LogP contribution in [0.15, 0.2) is 29.3 Å². The van der Waals surface area contributed by atoms with Crippen LogP contribution in [-0.4, -0.2) is 89.4 Å². The second-order valence-corrected chi connectivity index (χ2v) is 9.16. The van der Waals surface area contributed by atoms with Crippen LogP contribution in [0.3, 0.4) is 0 Å². The zero-order valence-electron chi connectivity index (χ0n) is 20.5. The monoisotopic (exact) mass is 445 g/mol. The number of ether oxygens (including phenoxy) is 2. The molecule has 2 atom stereocenters. The van der Waals surface area contributed by atoms with E-state index in [2.05, 4.69) is 56.7 Å². The Bertz CT molecular complexity index is 688. The van der Waals surface area contributed by atoms with Crippen LogP contribution in [0.1, 0.15) is 43.7 Å². The number of hydrogen-bond acceptors (Lipinski definition) is 5. The molecule has 2 aliphatic rings. The van der Waals surface area contributed by atoms with Gasteiger partial charge in [0.05, 0.1) is 7.11 Å². The van der Waals surface area contributed by atoms with Gasteiger partial charge in [-0.3, -0.25) is 9.89 Å². The number of piperidine rings is 2.